The maximum atomic E-state index is 8.93. The lowest BCUT2D eigenvalue weighted by molar-refractivity contribution is 0.256. The Morgan fingerprint density at radius 1 is 1.57 bits per heavy atom. The van der Waals surface area contributed by atoms with E-state index in [9.17, 15) is 0 Å². The predicted octanol–water partition coefficient (Wildman–Crippen LogP) is 2.00. The number of aliphatic hydroxyl groups excluding tert-OH is 1. The molecule has 1 atom stereocenters. The zero-order chi connectivity index (χ0) is 9.80. The summed E-state index contributed by atoms with van der Waals surface area (Å²) in [4.78, 5) is 1.38. The van der Waals surface area contributed by atoms with E-state index in [2.05, 4.69) is 22.8 Å². The Kier molecular flexibility index (Phi) is 3.56. The number of nitrogens with one attached hydrogen (secondary N) is 1. The zero-order valence-corrected chi connectivity index (χ0v) is 9.09. The Bertz CT molecular complexity index is 256. The standard InChI is InChI=1S/C11H17NOS/c13-6-5-11(9-3-4-9)12-8-10-2-1-7-14-10/h1-2,7,9,11-13H,3-6,8H2. The van der Waals surface area contributed by atoms with Gasteiger partial charge in [0.25, 0.3) is 0 Å². The van der Waals surface area contributed by atoms with Crippen LogP contribution in [-0.2, 0) is 6.54 Å². The van der Waals surface area contributed by atoms with Crippen molar-refractivity contribution in [1.29, 1.82) is 0 Å². The SMILES string of the molecule is OCCC(NCc1cccs1)C1CC1. The maximum absolute atomic E-state index is 8.93. The van der Waals surface area contributed by atoms with Crippen LogP contribution < -0.4 is 5.32 Å². The van der Waals surface area contributed by atoms with E-state index >= 15 is 0 Å². The number of thiophene rings is 1. The van der Waals surface area contributed by atoms with Crippen molar-refractivity contribution in [3.63, 3.8) is 0 Å². The van der Waals surface area contributed by atoms with Gasteiger partial charge in [-0.05, 0) is 36.6 Å². The third-order valence-corrected chi connectivity index (χ3v) is 3.63. The molecule has 0 saturated heterocycles. The molecule has 0 bridgehead atoms. The van der Waals surface area contributed by atoms with E-state index in [1.54, 1.807) is 11.3 Å². The molecule has 1 unspecified atom stereocenters. The summed E-state index contributed by atoms with van der Waals surface area (Å²) in [5.74, 6) is 0.821. The second-order valence-electron chi connectivity index (χ2n) is 3.92. The van der Waals surface area contributed by atoms with Crippen molar-refractivity contribution in [2.24, 2.45) is 5.92 Å². The molecular weight excluding hydrogens is 194 g/mol. The molecule has 3 heteroatoms. The summed E-state index contributed by atoms with van der Waals surface area (Å²) in [5, 5.41) is 14.6. The summed E-state index contributed by atoms with van der Waals surface area (Å²) in [6.07, 6.45) is 3.57. The number of rotatable bonds is 6. The molecule has 0 radical (unpaired) electrons. The van der Waals surface area contributed by atoms with Crippen molar-refractivity contribution in [2.45, 2.75) is 31.8 Å². The zero-order valence-electron chi connectivity index (χ0n) is 8.28. The lowest BCUT2D eigenvalue weighted by atomic mass is 10.1. The normalized spacial score (nSPS) is 18.4. The summed E-state index contributed by atoms with van der Waals surface area (Å²) in [6, 6.07) is 4.77. The van der Waals surface area contributed by atoms with Gasteiger partial charge in [-0.15, -0.1) is 11.3 Å². The highest BCUT2D eigenvalue weighted by Gasteiger charge is 2.30. The van der Waals surface area contributed by atoms with E-state index in [1.807, 2.05) is 0 Å². The van der Waals surface area contributed by atoms with Crippen LogP contribution in [0.15, 0.2) is 17.5 Å². The van der Waals surface area contributed by atoms with Gasteiger partial charge in [0.2, 0.25) is 0 Å². The van der Waals surface area contributed by atoms with Gasteiger partial charge in [-0.3, -0.25) is 0 Å². The molecule has 1 aliphatic rings. The van der Waals surface area contributed by atoms with Crippen molar-refractivity contribution < 1.29 is 5.11 Å². The lowest BCUT2D eigenvalue weighted by Crippen LogP contribution is -2.31. The van der Waals surface area contributed by atoms with Crippen LogP contribution in [0.3, 0.4) is 0 Å². The van der Waals surface area contributed by atoms with Gasteiger partial charge in [-0.2, -0.15) is 0 Å². The molecule has 0 aromatic carbocycles. The third kappa shape index (κ3) is 2.80. The third-order valence-electron chi connectivity index (χ3n) is 2.75. The molecule has 2 N–H and O–H groups in total. The van der Waals surface area contributed by atoms with Crippen LogP contribution in [0, 0.1) is 5.92 Å². The van der Waals surface area contributed by atoms with Gasteiger partial charge in [-0.1, -0.05) is 6.07 Å². The van der Waals surface area contributed by atoms with Crippen molar-refractivity contribution in [1.82, 2.24) is 5.32 Å². The highest BCUT2D eigenvalue weighted by Crippen LogP contribution is 2.34. The first-order chi connectivity index (χ1) is 6.90. The first kappa shape index (κ1) is 10.1. The molecule has 0 spiro atoms. The molecule has 2 nitrogen and oxygen atoms in total. The lowest BCUT2D eigenvalue weighted by Gasteiger charge is -2.16. The average Bonchev–Trinajstić information content (AvgIpc) is 2.90. The van der Waals surface area contributed by atoms with E-state index < -0.39 is 0 Å². The highest BCUT2D eigenvalue weighted by atomic mass is 32.1. The van der Waals surface area contributed by atoms with Crippen LogP contribution >= 0.6 is 11.3 Å². The van der Waals surface area contributed by atoms with Crippen molar-refractivity contribution in [2.75, 3.05) is 6.61 Å². The monoisotopic (exact) mass is 211 g/mol. The van der Waals surface area contributed by atoms with Gasteiger partial charge in [0, 0.05) is 24.1 Å². The highest BCUT2D eigenvalue weighted by molar-refractivity contribution is 7.09. The van der Waals surface area contributed by atoms with Crippen molar-refractivity contribution in [3.8, 4) is 0 Å². The van der Waals surface area contributed by atoms with Gasteiger partial charge in [0.1, 0.15) is 0 Å². The van der Waals surface area contributed by atoms with Crippen LogP contribution in [0.2, 0.25) is 0 Å². The van der Waals surface area contributed by atoms with Crippen LogP contribution in [0.5, 0.6) is 0 Å². The van der Waals surface area contributed by atoms with E-state index in [1.165, 1.54) is 17.7 Å². The topological polar surface area (TPSA) is 32.3 Å². The molecule has 1 fully saturated rings. The summed E-state index contributed by atoms with van der Waals surface area (Å²) in [6.45, 7) is 1.26. The van der Waals surface area contributed by atoms with E-state index in [4.69, 9.17) is 5.11 Å². The van der Waals surface area contributed by atoms with Gasteiger partial charge in [0.05, 0.1) is 0 Å². The van der Waals surface area contributed by atoms with Crippen molar-refractivity contribution >= 4 is 11.3 Å². The number of aliphatic hydroxyl groups is 1. The largest absolute Gasteiger partial charge is 0.396 e. The van der Waals surface area contributed by atoms with Gasteiger partial charge >= 0.3 is 0 Å². The molecule has 1 heterocycles. The van der Waals surface area contributed by atoms with E-state index in [0.29, 0.717) is 12.6 Å². The minimum atomic E-state index is 0.304. The Balaban J connectivity index is 1.76. The van der Waals surface area contributed by atoms with Crippen LogP contribution in [-0.4, -0.2) is 17.8 Å². The summed E-state index contributed by atoms with van der Waals surface area (Å²) in [7, 11) is 0. The first-order valence-corrected chi connectivity index (χ1v) is 6.14. The minimum Gasteiger partial charge on any atom is -0.396 e. The second kappa shape index (κ2) is 4.91. The quantitative estimate of drug-likeness (QED) is 0.754. The Hall–Kier alpha value is -0.380. The average molecular weight is 211 g/mol. The molecule has 1 aliphatic carbocycles. The fraction of sp³-hybridized carbons (Fsp3) is 0.636. The molecule has 1 aromatic heterocycles. The van der Waals surface area contributed by atoms with Gasteiger partial charge in [0.15, 0.2) is 0 Å². The van der Waals surface area contributed by atoms with Gasteiger partial charge < -0.3 is 10.4 Å². The molecule has 0 amide bonds. The molecule has 1 aromatic rings. The summed E-state index contributed by atoms with van der Waals surface area (Å²) >= 11 is 1.79. The molecular formula is C11H17NOS. The molecule has 0 aliphatic heterocycles. The van der Waals surface area contributed by atoms with E-state index in [0.717, 1.165) is 18.9 Å². The Morgan fingerprint density at radius 2 is 2.43 bits per heavy atom. The van der Waals surface area contributed by atoms with E-state index in [-0.39, 0.29) is 0 Å². The predicted molar refractivity (Wildman–Crippen MR) is 59.4 cm³/mol. The van der Waals surface area contributed by atoms with Gasteiger partial charge in [-0.25, -0.2) is 0 Å². The fourth-order valence-corrected chi connectivity index (χ4v) is 2.44. The fourth-order valence-electron chi connectivity index (χ4n) is 1.79. The van der Waals surface area contributed by atoms with Crippen LogP contribution in [0.4, 0.5) is 0 Å². The molecule has 14 heavy (non-hydrogen) atoms. The van der Waals surface area contributed by atoms with Crippen LogP contribution in [0.1, 0.15) is 24.1 Å². The van der Waals surface area contributed by atoms with Crippen molar-refractivity contribution in [3.05, 3.63) is 22.4 Å². The summed E-state index contributed by atoms with van der Waals surface area (Å²) < 4.78 is 0. The minimum absolute atomic E-state index is 0.304. The number of hydrogen-bond acceptors (Lipinski definition) is 3. The maximum Gasteiger partial charge on any atom is 0.0445 e. The molecule has 2 rings (SSSR count). The second-order valence-corrected chi connectivity index (χ2v) is 4.95. The Labute approximate surface area is 89.0 Å². The summed E-state index contributed by atoms with van der Waals surface area (Å²) in [5.41, 5.74) is 0. The first-order valence-electron chi connectivity index (χ1n) is 5.27. The number of hydrogen-bond donors (Lipinski definition) is 2. The van der Waals surface area contributed by atoms with Crippen LogP contribution in [0.25, 0.3) is 0 Å². The molecule has 1 saturated carbocycles. The molecule has 78 valence electrons. The smallest absolute Gasteiger partial charge is 0.0445 e. The Morgan fingerprint density at radius 3 is 3.00 bits per heavy atom.